The maximum absolute atomic E-state index is 12.8. The van der Waals surface area contributed by atoms with Crippen LogP contribution in [-0.2, 0) is 16.0 Å². The molecule has 2 N–H and O–H groups in total. The van der Waals surface area contributed by atoms with E-state index in [4.69, 9.17) is 0 Å². The summed E-state index contributed by atoms with van der Waals surface area (Å²) in [4.78, 5) is 36.6. The van der Waals surface area contributed by atoms with Gasteiger partial charge in [0.1, 0.15) is 6.04 Å². The van der Waals surface area contributed by atoms with E-state index < -0.39 is 29.9 Å². The zero-order valence-corrected chi connectivity index (χ0v) is 16.4. The van der Waals surface area contributed by atoms with Crippen molar-refractivity contribution in [2.45, 2.75) is 24.9 Å². The fourth-order valence-corrected chi connectivity index (χ4v) is 3.12. The van der Waals surface area contributed by atoms with Crippen molar-refractivity contribution in [3.05, 3.63) is 71.8 Å². The number of nitrogens with one attached hydrogen (secondary N) is 2. The van der Waals surface area contributed by atoms with Gasteiger partial charge in [-0.1, -0.05) is 48.5 Å². The number of benzene rings is 2. The molecule has 0 aliphatic rings. The standard InChI is InChI=1S/C21H24N2O4S/c1-28-13-12-17(21(26)27)22-20(25)18(14-15-8-4-2-5-9-15)23-19(24)16-10-6-3-7-11-16/h2-11,17-18H,12-14H2,1H3,(H,22,25)(H,23,24)(H,26,27)/p-1/t17-,18-/m1/s1. The van der Waals surface area contributed by atoms with E-state index in [0.29, 0.717) is 11.3 Å². The van der Waals surface area contributed by atoms with Crippen LogP contribution in [0.3, 0.4) is 0 Å². The lowest BCUT2D eigenvalue weighted by atomic mass is 10.0. The van der Waals surface area contributed by atoms with Crippen molar-refractivity contribution in [3.8, 4) is 0 Å². The van der Waals surface area contributed by atoms with Gasteiger partial charge in [0.15, 0.2) is 0 Å². The smallest absolute Gasteiger partial charge is 0.251 e. The first kappa shape index (κ1) is 21.5. The van der Waals surface area contributed by atoms with Crippen LogP contribution in [0.25, 0.3) is 0 Å². The second kappa shape index (κ2) is 11.1. The Hall–Kier alpha value is -2.80. The van der Waals surface area contributed by atoms with E-state index in [9.17, 15) is 19.5 Å². The summed E-state index contributed by atoms with van der Waals surface area (Å²) in [5.41, 5.74) is 1.28. The lowest BCUT2D eigenvalue weighted by Crippen LogP contribution is -2.55. The highest BCUT2D eigenvalue weighted by atomic mass is 32.2. The van der Waals surface area contributed by atoms with E-state index in [1.165, 1.54) is 11.8 Å². The number of carbonyl (C=O) groups is 3. The Morgan fingerprint density at radius 3 is 2.11 bits per heavy atom. The highest BCUT2D eigenvalue weighted by Crippen LogP contribution is 2.07. The zero-order chi connectivity index (χ0) is 20.4. The van der Waals surface area contributed by atoms with E-state index in [1.54, 1.807) is 30.3 Å². The van der Waals surface area contributed by atoms with E-state index >= 15 is 0 Å². The third-order valence-corrected chi connectivity index (χ3v) is 4.80. The number of thioether (sulfide) groups is 1. The van der Waals surface area contributed by atoms with Crippen LogP contribution in [0, 0.1) is 0 Å². The first-order valence-electron chi connectivity index (χ1n) is 8.91. The predicted octanol–water partition coefficient (Wildman–Crippen LogP) is 1.02. The minimum absolute atomic E-state index is 0.244. The minimum Gasteiger partial charge on any atom is -0.548 e. The third kappa shape index (κ3) is 6.74. The van der Waals surface area contributed by atoms with Crippen molar-refractivity contribution in [1.29, 1.82) is 0 Å². The van der Waals surface area contributed by atoms with Gasteiger partial charge in [0.05, 0.1) is 12.0 Å². The summed E-state index contributed by atoms with van der Waals surface area (Å²) in [5.74, 6) is -1.72. The summed E-state index contributed by atoms with van der Waals surface area (Å²) in [5, 5.41) is 16.6. The molecular formula is C21H23N2O4S-. The first-order valence-corrected chi connectivity index (χ1v) is 10.3. The number of carboxylic acid groups (broad SMARTS) is 1. The molecule has 0 saturated carbocycles. The largest absolute Gasteiger partial charge is 0.548 e. The van der Waals surface area contributed by atoms with Gasteiger partial charge in [-0.05, 0) is 36.1 Å². The quantitative estimate of drug-likeness (QED) is 0.621. The van der Waals surface area contributed by atoms with Gasteiger partial charge in [0.25, 0.3) is 5.91 Å². The van der Waals surface area contributed by atoms with E-state index in [2.05, 4.69) is 10.6 Å². The predicted molar refractivity (Wildman–Crippen MR) is 108 cm³/mol. The van der Waals surface area contributed by atoms with Crippen molar-refractivity contribution in [1.82, 2.24) is 10.6 Å². The third-order valence-electron chi connectivity index (χ3n) is 4.15. The fourth-order valence-electron chi connectivity index (χ4n) is 2.65. The van der Waals surface area contributed by atoms with Gasteiger partial charge < -0.3 is 20.5 Å². The van der Waals surface area contributed by atoms with Crippen molar-refractivity contribution in [3.63, 3.8) is 0 Å². The van der Waals surface area contributed by atoms with Gasteiger partial charge in [-0.15, -0.1) is 0 Å². The maximum atomic E-state index is 12.8. The molecule has 2 aromatic rings. The molecule has 2 rings (SSSR count). The number of rotatable bonds is 10. The molecule has 0 spiro atoms. The molecule has 0 fully saturated rings. The number of hydrogen-bond donors (Lipinski definition) is 2. The summed E-state index contributed by atoms with van der Waals surface area (Å²) >= 11 is 1.48. The summed E-state index contributed by atoms with van der Waals surface area (Å²) in [6, 6.07) is 15.8. The Morgan fingerprint density at radius 2 is 1.54 bits per heavy atom. The summed E-state index contributed by atoms with van der Waals surface area (Å²) < 4.78 is 0. The van der Waals surface area contributed by atoms with Gasteiger partial charge in [-0.25, -0.2) is 0 Å². The molecule has 2 atom stereocenters. The normalized spacial score (nSPS) is 12.6. The molecule has 7 heteroatoms. The second-order valence-electron chi connectivity index (χ2n) is 6.24. The van der Waals surface area contributed by atoms with Crippen LogP contribution in [0.2, 0.25) is 0 Å². The average Bonchev–Trinajstić information content (AvgIpc) is 2.71. The van der Waals surface area contributed by atoms with Crippen molar-refractivity contribution >= 4 is 29.5 Å². The summed E-state index contributed by atoms with van der Waals surface area (Å²) in [7, 11) is 0. The first-order chi connectivity index (χ1) is 13.5. The van der Waals surface area contributed by atoms with Crippen LogP contribution >= 0.6 is 11.8 Å². The van der Waals surface area contributed by atoms with Crippen LogP contribution in [0.1, 0.15) is 22.3 Å². The Balaban J connectivity index is 2.15. The van der Waals surface area contributed by atoms with Crippen molar-refractivity contribution < 1.29 is 19.5 Å². The Labute approximate surface area is 168 Å². The minimum atomic E-state index is -1.34. The molecule has 0 saturated heterocycles. The van der Waals surface area contributed by atoms with Gasteiger partial charge >= 0.3 is 0 Å². The fraction of sp³-hybridized carbons (Fsp3) is 0.286. The topological polar surface area (TPSA) is 98.3 Å². The molecule has 2 amide bonds. The molecule has 148 valence electrons. The molecule has 2 aromatic carbocycles. The molecule has 0 unspecified atom stereocenters. The van der Waals surface area contributed by atoms with Crippen molar-refractivity contribution in [2.75, 3.05) is 12.0 Å². The lowest BCUT2D eigenvalue weighted by Gasteiger charge is -2.24. The molecule has 0 radical (unpaired) electrons. The monoisotopic (exact) mass is 399 g/mol. The molecular weight excluding hydrogens is 376 g/mol. The van der Waals surface area contributed by atoms with Crippen LogP contribution < -0.4 is 15.7 Å². The molecule has 0 aliphatic carbocycles. The Bertz CT molecular complexity index is 784. The van der Waals surface area contributed by atoms with Crippen LogP contribution in [-0.4, -0.2) is 41.9 Å². The molecule has 28 heavy (non-hydrogen) atoms. The maximum Gasteiger partial charge on any atom is 0.251 e. The Kier molecular flexibility index (Phi) is 8.55. The number of hydrogen-bond acceptors (Lipinski definition) is 5. The number of carboxylic acids is 1. The molecule has 0 aliphatic heterocycles. The number of carbonyl (C=O) groups excluding carboxylic acids is 3. The Morgan fingerprint density at radius 1 is 0.929 bits per heavy atom. The van der Waals surface area contributed by atoms with Crippen LogP contribution in [0.5, 0.6) is 0 Å². The molecule has 0 bridgehead atoms. The van der Waals surface area contributed by atoms with Gasteiger partial charge in [0, 0.05) is 12.0 Å². The zero-order valence-electron chi connectivity index (χ0n) is 15.6. The van der Waals surface area contributed by atoms with Crippen LogP contribution in [0.15, 0.2) is 60.7 Å². The SMILES string of the molecule is CSCC[C@@H](NC(=O)[C@@H](Cc1ccccc1)NC(=O)c1ccccc1)C(=O)[O-]. The molecule has 6 nitrogen and oxygen atoms in total. The number of amides is 2. The van der Waals surface area contributed by atoms with Gasteiger partial charge in [-0.2, -0.15) is 11.8 Å². The highest BCUT2D eigenvalue weighted by molar-refractivity contribution is 7.98. The van der Waals surface area contributed by atoms with E-state index in [-0.39, 0.29) is 12.8 Å². The van der Waals surface area contributed by atoms with Crippen molar-refractivity contribution in [2.24, 2.45) is 0 Å². The highest BCUT2D eigenvalue weighted by Gasteiger charge is 2.24. The average molecular weight is 399 g/mol. The van der Waals surface area contributed by atoms with E-state index in [1.807, 2.05) is 36.6 Å². The number of aliphatic carboxylic acids is 1. The molecule has 0 aromatic heterocycles. The summed E-state index contributed by atoms with van der Waals surface area (Å²) in [6.07, 6.45) is 2.35. The van der Waals surface area contributed by atoms with Crippen LogP contribution in [0.4, 0.5) is 0 Å². The lowest BCUT2D eigenvalue weighted by molar-refractivity contribution is -0.308. The van der Waals surface area contributed by atoms with E-state index in [0.717, 1.165) is 5.56 Å². The van der Waals surface area contributed by atoms with Gasteiger partial charge in [-0.3, -0.25) is 9.59 Å². The second-order valence-corrected chi connectivity index (χ2v) is 7.23. The molecule has 0 heterocycles. The van der Waals surface area contributed by atoms with Gasteiger partial charge in [0.2, 0.25) is 5.91 Å². The summed E-state index contributed by atoms with van der Waals surface area (Å²) in [6.45, 7) is 0.